The van der Waals surface area contributed by atoms with E-state index in [1.54, 1.807) is 19.1 Å². The summed E-state index contributed by atoms with van der Waals surface area (Å²) in [4.78, 5) is 11.7. The Bertz CT molecular complexity index is 598. The molecule has 1 rings (SSSR count). The van der Waals surface area contributed by atoms with Crippen LogP contribution < -0.4 is 15.8 Å². The van der Waals surface area contributed by atoms with Gasteiger partial charge in [-0.1, -0.05) is 24.4 Å². The predicted octanol–water partition coefficient (Wildman–Crippen LogP) is 0.320. The van der Waals surface area contributed by atoms with Crippen LogP contribution in [0.4, 0.5) is 0 Å². The molecular formula is C13H19N3O3S2. The average Bonchev–Trinajstić information content (AvgIpc) is 2.38. The molecule has 0 bridgehead atoms. The lowest BCUT2D eigenvalue weighted by atomic mass is 10.1. The van der Waals surface area contributed by atoms with Crippen molar-refractivity contribution in [1.82, 2.24) is 10.0 Å². The highest BCUT2D eigenvalue weighted by Gasteiger charge is 2.13. The molecule has 0 radical (unpaired) electrons. The summed E-state index contributed by atoms with van der Waals surface area (Å²) in [7, 11) is -3.61. The van der Waals surface area contributed by atoms with Crippen molar-refractivity contribution in [3.63, 3.8) is 0 Å². The van der Waals surface area contributed by atoms with Crippen LogP contribution in [0.2, 0.25) is 0 Å². The second-order valence-electron chi connectivity index (χ2n) is 4.39. The minimum atomic E-state index is -3.61. The second-order valence-corrected chi connectivity index (χ2v) is 6.68. The van der Waals surface area contributed by atoms with Crippen LogP contribution in [0.25, 0.3) is 0 Å². The van der Waals surface area contributed by atoms with E-state index in [0.717, 1.165) is 5.56 Å². The van der Waals surface area contributed by atoms with Crippen molar-refractivity contribution in [2.75, 3.05) is 13.1 Å². The Hall–Kier alpha value is -1.51. The first-order valence-electron chi connectivity index (χ1n) is 6.48. The lowest BCUT2D eigenvalue weighted by molar-refractivity contribution is -0.120. The van der Waals surface area contributed by atoms with Crippen molar-refractivity contribution in [3.8, 4) is 0 Å². The predicted molar refractivity (Wildman–Crippen MR) is 85.4 cm³/mol. The van der Waals surface area contributed by atoms with Gasteiger partial charge in [0.05, 0.1) is 9.88 Å². The summed E-state index contributed by atoms with van der Waals surface area (Å²) in [6.07, 6.45) is 0.535. The van der Waals surface area contributed by atoms with E-state index in [4.69, 9.17) is 18.0 Å². The van der Waals surface area contributed by atoms with Gasteiger partial charge in [-0.25, -0.2) is 13.1 Å². The molecule has 0 heterocycles. The van der Waals surface area contributed by atoms with Crippen LogP contribution in [0.1, 0.15) is 18.9 Å². The second kappa shape index (κ2) is 8.06. The van der Waals surface area contributed by atoms with Crippen LogP contribution in [-0.4, -0.2) is 32.4 Å². The molecule has 116 valence electrons. The van der Waals surface area contributed by atoms with Gasteiger partial charge in [0.15, 0.2) is 0 Å². The Morgan fingerprint density at radius 3 is 2.43 bits per heavy atom. The van der Waals surface area contributed by atoms with E-state index < -0.39 is 10.0 Å². The Balaban J connectivity index is 2.61. The molecule has 0 saturated heterocycles. The number of thiocarbonyl (C=S) groups is 1. The van der Waals surface area contributed by atoms with Crippen molar-refractivity contribution in [1.29, 1.82) is 0 Å². The molecule has 0 aromatic heterocycles. The van der Waals surface area contributed by atoms with Crippen molar-refractivity contribution < 1.29 is 13.2 Å². The van der Waals surface area contributed by atoms with Gasteiger partial charge in [-0.15, -0.1) is 0 Å². The number of carbonyl (C=O) groups excluding carboxylic acids is 1. The fourth-order valence-electron chi connectivity index (χ4n) is 1.66. The van der Waals surface area contributed by atoms with Gasteiger partial charge < -0.3 is 11.1 Å². The highest BCUT2D eigenvalue weighted by Crippen LogP contribution is 2.11. The van der Waals surface area contributed by atoms with Crippen molar-refractivity contribution >= 4 is 33.1 Å². The average molecular weight is 329 g/mol. The minimum absolute atomic E-state index is 0.0583. The molecule has 4 N–H and O–H groups in total. The SMILES string of the molecule is CCNC(=O)CCNS(=O)(=O)c1ccc(CC(N)=S)cc1. The molecule has 8 heteroatoms. The number of nitrogens with two attached hydrogens (primary N) is 1. The molecule has 0 fully saturated rings. The molecule has 0 saturated carbocycles. The summed E-state index contributed by atoms with van der Waals surface area (Å²) in [5.74, 6) is -0.188. The first kappa shape index (κ1) is 17.5. The van der Waals surface area contributed by atoms with E-state index in [2.05, 4.69) is 10.0 Å². The summed E-state index contributed by atoms with van der Waals surface area (Å²) in [5.41, 5.74) is 6.28. The first-order valence-corrected chi connectivity index (χ1v) is 8.38. The molecule has 0 aliphatic heterocycles. The van der Waals surface area contributed by atoms with Crippen LogP contribution in [0.3, 0.4) is 0 Å². The monoisotopic (exact) mass is 329 g/mol. The van der Waals surface area contributed by atoms with Gasteiger partial charge in [0.2, 0.25) is 15.9 Å². The van der Waals surface area contributed by atoms with Crippen molar-refractivity contribution in [2.24, 2.45) is 5.73 Å². The van der Waals surface area contributed by atoms with Crippen molar-refractivity contribution in [2.45, 2.75) is 24.7 Å². The van der Waals surface area contributed by atoms with Crippen LogP contribution in [0.5, 0.6) is 0 Å². The van der Waals surface area contributed by atoms with Gasteiger partial charge in [-0.2, -0.15) is 0 Å². The molecule has 0 aliphatic carbocycles. The fraction of sp³-hybridized carbons (Fsp3) is 0.385. The third-order valence-electron chi connectivity index (χ3n) is 2.63. The number of sulfonamides is 1. The van der Waals surface area contributed by atoms with Gasteiger partial charge in [-0.3, -0.25) is 4.79 Å². The summed E-state index contributed by atoms with van der Waals surface area (Å²) in [6.45, 7) is 2.38. The third kappa shape index (κ3) is 6.19. The fourth-order valence-corrected chi connectivity index (χ4v) is 2.85. The maximum Gasteiger partial charge on any atom is 0.240 e. The highest BCUT2D eigenvalue weighted by molar-refractivity contribution is 7.89. The van der Waals surface area contributed by atoms with Crippen molar-refractivity contribution in [3.05, 3.63) is 29.8 Å². The smallest absolute Gasteiger partial charge is 0.240 e. The zero-order valence-electron chi connectivity index (χ0n) is 11.8. The Labute approximate surface area is 130 Å². The molecule has 21 heavy (non-hydrogen) atoms. The molecule has 0 unspecified atom stereocenters. The largest absolute Gasteiger partial charge is 0.393 e. The number of hydrogen-bond acceptors (Lipinski definition) is 4. The molecule has 1 amide bonds. The Morgan fingerprint density at radius 2 is 1.90 bits per heavy atom. The van der Waals surface area contributed by atoms with Gasteiger partial charge >= 0.3 is 0 Å². The van der Waals surface area contributed by atoms with Crippen LogP contribution >= 0.6 is 12.2 Å². The minimum Gasteiger partial charge on any atom is -0.393 e. The van der Waals surface area contributed by atoms with E-state index >= 15 is 0 Å². The quantitative estimate of drug-likeness (QED) is 0.596. The summed E-state index contributed by atoms with van der Waals surface area (Å²) in [5, 5.41) is 2.60. The summed E-state index contributed by atoms with van der Waals surface area (Å²) in [6, 6.07) is 6.30. The maximum atomic E-state index is 12.0. The normalized spacial score (nSPS) is 11.1. The number of benzene rings is 1. The molecule has 0 spiro atoms. The number of hydrogen-bond donors (Lipinski definition) is 3. The van der Waals surface area contributed by atoms with Gasteiger partial charge in [-0.05, 0) is 24.6 Å². The zero-order chi connectivity index (χ0) is 15.9. The Kier molecular flexibility index (Phi) is 6.73. The van der Waals surface area contributed by atoms with Crippen LogP contribution in [0.15, 0.2) is 29.2 Å². The highest BCUT2D eigenvalue weighted by atomic mass is 32.2. The van der Waals surface area contributed by atoms with E-state index in [0.29, 0.717) is 18.0 Å². The van der Waals surface area contributed by atoms with Crippen LogP contribution in [0, 0.1) is 0 Å². The molecular weight excluding hydrogens is 310 g/mol. The van der Waals surface area contributed by atoms with Gasteiger partial charge in [0.1, 0.15) is 0 Å². The molecule has 1 aromatic rings. The lowest BCUT2D eigenvalue weighted by Crippen LogP contribution is -2.30. The number of nitrogens with one attached hydrogen (secondary N) is 2. The van der Waals surface area contributed by atoms with Gasteiger partial charge in [0, 0.05) is 25.9 Å². The molecule has 1 aromatic carbocycles. The zero-order valence-corrected chi connectivity index (χ0v) is 13.4. The maximum absolute atomic E-state index is 12.0. The molecule has 0 atom stereocenters. The summed E-state index contributed by atoms with van der Waals surface area (Å²) < 4.78 is 26.4. The summed E-state index contributed by atoms with van der Waals surface area (Å²) >= 11 is 4.80. The molecule has 0 aliphatic rings. The number of carbonyl (C=O) groups is 1. The van der Waals surface area contributed by atoms with Crippen LogP contribution in [-0.2, 0) is 21.2 Å². The first-order chi connectivity index (χ1) is 9.85. The molecule has 6 nitrogen and oxygen atoms in total. The Morgan fingerprint density at radius 1 is 1.29 bits per heavy atom. The topological polar surface area (TPSA) is 101 Å². The van der Waals surface area contributed by atoms with E-state index in [-0.39, 0.29) is 23.8 Å². The van der Waals surface area contributed by atoms with E-state index in [1.165, 1.54) is 12.1 Å². The third-order valence-corrected chi connectivity index (χ3v) is 4.25. The van der Waals surface area contributed by atoms with E-state index in [1.807, 2.05) is 0 Å². The van der Waals surface area contributed by atoms with Gasteiger partial charge in [0.25, 0.3) is 0 Å². The standard InChI is InChI=1S/C13H19N3O3S2/c1-2-15-13(17)7-8-16-21(18,19)11-5-3-10(4-6-11)9-12(14)20/h3-6,16H,2,7-9H2,1H3,(H2,14,20)(H,15,17). The number of amides is 1. The van der Waals surface area contributed by atoms with E-state index in [9.17, 15) is 13.2 Å². The lowest BCUT2D eigenvalue weighted by Gasteiger charge is -2.07. The number of rotatable bonds is 8.